The molecule has 0 radical (unpaired) electrons. The molecule has 0 saturated heterocycles. The van der Waals surface area contributed by atoms with Crippen molar-refractivity contribution < 1.29 is 4.79 Å². The molecule has 20 heavy (non-hydrogen) atoms. The Balaban J connectivity index is 2.10. The van der Waals surface area contributed by atoms with Gasteiger partial charge in [0.05, 0.1) is 10.6 Å². The van der Waals surface area contributed by atoms with Crippen molar-refractivity contribution in [3.63, 3.8) is 0 Å². The molecular formula is C17H15NOS. The third kappa shape index (κ3) is 2.21. The molecule has 0 N–H and O–H groups in total. The number of thiophene rings is 1. The van der Waals surface area contributed by atoms with E-state index in [1.54, 1.807) is 0 Å². The average molecular weight is 281 g/mol. The highest BCUT2D eigenvalue weighted by Crippen LogP contribution is 2.28. The van der Waals surface area contributed by atoms with Crippen LogP contribution in [0.4, 0.5) is 5.69 Å². The Morgan fingerprint density at radius 2 is 1.85 bits per heavy atom. The maximum Gasteiger partial charge on any atom is 0.268 e. The zero-order valence-electron chi connectivity index (χ0n) is 11.2. The molecule has 2 nitrogen and oxygen atoms in total. The van der Waals surface area contributed by atoms with Crippen LogP contribution in [0.1, 0.15) is 16.6 Å². The molecule has 100 valence electrons. The Kier molecular flexibility index (Phi) is 3.52. The first-order valence-electron chi connectivity index (χ1n) is 6.64. The van der Waals surface area contributed by atoms with Gasteiger partial charge in [-0.25, -0.2) is 0 Å². The van der Waals surface area contributed by atoms with Crippen molar-refractivity contribution in [1.82, 2.24) is 0 Å². The van der Waals surface area contributed by atoms with Crippen molar-refractivity contribution in [1.29, 1.82) is 0 Å². The Morgan fingerprint density at radius 3 is 2.60 bits per heavy atom. The highest BCUT2D eigenvalue weighted by atomic mass is 32.1. The van der Waals surface area contributed by atoms with E-state index in [1.807, 2.05) is 53.6 Å². The molecule has 0 aliphatic rings. The summed E-state index contributed by atoms with van der Waals surface area (Å²) in [5, 5.41) is 4.20. The lowest BCUT2D eigenvalue weighted by Gasteiger charge is -2.22. The molecule has 2 aromatic carbocycles. The summed E-state index contributed by atoms with van der Waals surface area (Å²) in [6.45, 7) is 2.66. The second-order valence-corrected chi connectivity index (χ2v) is 5.47. The molecule has 3 rings (SSSR count). The van der Waals surface area contributed by atoms with Crippen LogP contribution in [0.2, 0.25) is 0 Å². The first-order chi connectivity index (χ1) is 9.81. The second kappa shape index (κ2) is 5.47. The normalized spacial score (nSPS) is 10.7. The molecule has 0 saturated carbocycles. The van der Waals surface area contributed by atoms with Gasteiger partial charge < -0.3 is 4.90 Å². The van der Waals surface area contributed by atoms with Crippen molar-refractivity contribution in [2.24, 2.45) is 0 Å². The standard InChI is InChI=1S/C17H15NOS/c1-2-18(17(19)16-11-6-12-20-16)15-10-5-8-13-7-3-4-9-14(13)15/h3-12H,2H2,1H3. The van der Waals surface area contributed by atoms with E-state index >= 15 is 0 Å². The topological polar surface area (TPSA) is 20.3 Å². The smallest absolute Gasteiger partial charge is 0.268 e. The summed E-state index contributed by atoms with van der Waals surface area (Å²) in [6.07, 6.45) is 0. The van der Waals surface area contributed by atoms with Crippen LogP contribution in [0.3, 0.4) is 0 Å². The van der Waals surface area contributed by atoms with E-state index in [0.717, 1.165) is 21.3 Å². The van der Waals surface area contributed by atoms with E-state index in [4.69, 9.17) is 0 Å². The Morgan fingerprint density at radius 1 is 1.05 bits per heavy atom. The molecule has 0 aliphatic heterocycles. The van der Waals surface area contributed by atoms with Gasteiger partial charge in [0.1, 0.15) is 0 Å². The molecule has 1 aromatic heterocycles. The van der Waals surface area contributed by atoms with Crippen LogP contribution in [-0.4, -0.2) is 12.5 Å². The van der Waals surface area contributed by atoms with Crippen LogP contribution in [0.15, 0.2) is 60.0 Å². The predicted molar refractivity (Wildman–Crippen MR) is 85.6 cm³/mol. The zero-order chi connectivity index (χ0) is 13.9. The van der Waals surface area contributed by atoms with Gasteiger partial charge in [-0.2, -0.15) is 0 Å². The van der Waals surface area contributed by atoms with Crippen LogP contribution in [0, 0.1) is 0 Å². The first kappa shape index (κ1) is 12.9. The Bertz CT molecular complexity index is 728. The molecule has 0 bridgehead atoms. The van der Waals surface area contributed by atoms with Gasteiger partial charge >= 0.3 is 0 Å². The molecule has 3 aromatic rings. The third-order valence-corrected chi connectivity index (χ3v) is 4.21. The maximum atomic E-state index is 12.6. The van der Waals surface area contributed by atoms with Crippen molar-refractivity contribution in [3.8, 4) is 0 Å². The number of carbonyl (C=O) groups excluding carboxylic acids is 1. The van der Waals surface area contributed by atoms with Gasteiger partial charge in [0.15, 0.2) is 0 Å². The van der Waals surface area contributed by atoms with Crippen LogP contribution in [0.25, 0.3) is 10.8 Å². The minimum absolute atomic E-state index is 0.0684. The molecular weight excluding hydrogens is 266 g/mol. The molecule has 0 fully saturated rings. The van der Waals surface area contributed by atoms with Gasteiger partial charge in [0, 0.05) is 11.9 Å². The van der Waals surface area contributed by atoms with E-state index in [1.165, 1.54) is 11.3 Å². The molecule has 0 unspecified atom stereocenters. The lowest BCUT2D eigenvalue weighted by Crippen LogP contribution is -2.30. The number of hydrogen-bond acceptors (Lipinski definition) is 2. The van der Waals surface area contributed by atoms with Crippen molar-refractivity contribution in [2.75, 3.05) is 11.4 Å². The van der Waals surface area contributed by atoms with Crippen LogP contribution in [-0.2, 0) is 0 Å². The number of anilines is 1. The largest absolute Gasteiger partial charge is 0.307 e. The number of rotatable bonds is 3. The van der Waals surface area contributed by atoms with Crippen LogP contribution >= 0.6 is 11.3 Å². The zero-order valence-corrected chi connectivity index (χ0v) is 12.1. The second-order valence-electron chi connectivity index (χ2n) is 4.52. The highest BCUT2D eigenvalue weighted by molar-refractivity contribution is 7.12. The van der Waals surface area contributed by atoms with Crippen molar-refractivity contribution in [3.05, 3.63) is 64.9 Å². The van der Waals surface area contributed by atoms with Crippen molar-refractivity contribution >= 4 is 33.7 Å². The van der Waals surface area contributed by atoms with E-state index < -0.39 is 0 Å². The minimum Gasteiger partial charge on any atom is -0.307 e. The summed E-state index contributed by atoms with van der Waals surface area (Å²) in [4.78, 5) is 15.2. The lowest BCUT2D eigenvalue weighted by atomic mass is 10.1. The quantitative estimate of drug-likeness (QED) is 0.688. The van der Waals surface area contributed by atoms with E-state index in [2.05, 4.69) is 18.2 Å². The number of carbonyl (C=O) groups is 1. The fourth-order valence-electron chi connectivity index (χ4n) is 2.40. The van der Waals surface area contributed by atoms with Gasteiger partial charge in [-0.15, -0.1) is 11.3 Å². The number of amides is 1. The number of hydrogen-bond donors (Lipinski definition) is 0. The molecule has 3 heteroatoms. The van der Waals surface area contributed by atoms with E-state index in [0.29, 0.717) is 6.54 Å². The Hall–Kier alpha value is -2.13. The third-order valence-electron chi connectivity index (χ3n) is 3.35. The monoisotopic (exact) mass is 281 g/mol. The van der Waals surface area contributed by atoms with Gasteiger partial charge in [-0.3, -0.25) is 4.79 Å². The van der Waals surface area contributed by atoms with E-state index in [9.17, 15) is 4.79 Å². The molecule has 1 amide bonds. The number of benzene rings is 2. The average Bonchev–Trinajstić information content (AvgIpc) is 3.02. The van der Waals surface area contributed by atoms with E-state index in [-0.39, 0.29) is 5.91 Å². The summed E-state index contributed by atoms with van der Waals surface area (Å²) in [7, 11) is 0. The summed E-state index contributed by atoms with van der Waals surface area (Å²) in [5.74, 6) is 0.0684. The molecule has 0 aliphatic carbocycles. The fourth-order valence-corrected chi connectivity index (χ4v) is 3.07. The van der Waals surface area contributed by atoms with Gasteiger partial charge in [-0.05, 0) is 29.8 Å². The first-order valence-corrected chi connectivity index (χ1v) is 7.52. The number of fused-ring (bicyclic) bond motifs is 1. The highest BCUT2D eigenvalue weighted by Gasteiger charge is 2.18. The van der Waals surface area contributed by atoms with Gasteiger partial charge in [0.25, 0.3) is 5.91 Å². The summed E-state index contributed by atoms with van der Waals surface area (Å²) >= 11 is 1.48. The molecule has 1 heterocycles. The summed E-state index contributed by atoms with van der Waals surface area (Å²) < 4.78 is 0. The van der Waals surface area contributed by atoms with Crippen LogP contribution < -0.4 is 4.90 Å². The maximum absolute atomic E-state index is 12.6. The minimum atomic E-state index is 0.0684. The van der Waals surface area contributed by atoms with Crippen LogP contribution in [0.5, 0.6) is 0 Å². The molecule has 0 spiro atoms. The Labute approximate surface area is 122 Å². The van der Waals surface area contributed by atoms with Gasteiger partial charge in [-0.1, -0.05) is 42.5 Å². The van der Waals surface area contributed by atoms with Gasteiger partial charge in [0.2, 0.25) is 0 Å². The van der Waals surface area contributed by atoms with Crippen molar-refractivity contribution in [2.45, 2.75) is 6.92 Å². The number of nitrogens with zero attached hydrogens (tertiary/aromatic N) is 1. The summed E-state index contributed by atoms with van der Waals surface area (Å²) in [6, 6.07) is 18.0. The predicted octanol–water partition coefficient (Wildman–Crippen LogP) is 4.57. The lowest BCUT2D eigenvalue weighted by molar-refractivity contribution is 0.0992. The SMILES string of the molecule is CCN(C(=O)c1cccs1)c1cccc2ccccc12. The summed E-state index contributed by atoms with van der Waals surface area (Å²) in [5.41, 5.74) is 0.976. The fraction of sp³-hybridized carbons (Fsp3) is 0.118. The molecule has 0 atom stereocenters.